The van der Waals surface area contributed by atoms with Gasteiger partial charge in [0.2, 0.25) is 0 Å². The number of allylic oxidation sites excluding steroid dienone is 2. The normalized spacial score (nSPS) is 19.4. The van der Waals surface area contributed by atoms with Crippen molar-refractivity contribution in [2.45, 2.75) is 0 Å². The highest BCUT2D eigenvalue weighted by molar-refractivity contribution is 6.30. The number of amides is 1. The van der Waals surface area contributed by atoms with Crippen molar-refractivity contribution in [2.24, 2.45) is 4.99 Å². The average molecular weight is 257 g/mol. The number of halogens is 1. The first-order chi connectivity index (χ1) is 8.74. The molecule has 0 atom stereocenters. The van der Waals surface area contributed by atoms with E-state index in [-0.39, 0.29) is 5.91 Å². The number of nitrogens with zero attached hydrogens (tertiary/aromatic N) is 2. The first kappa shape index (κ1) is 11.0. The molecule has 0 unspecified atom stereocenters. The fourth-order valence-electron chi connectivity index (χ4n) is 1.80. The van der Waals surface area contributed by atoms with Gasteiger partial charge in [-0.25, -0.2) is 4.99 Å². The van der Waals surface area contributed by atoms with Crippen molar-refractivity contribution in [3.05, 3.63) is 65.0 Å². The van der Waals surface area contributed by atoms with Crippen molar-refractivity contribution in [3.63, 3.8) is 0 Å². The summed E-state index contributed by atoms with van der Waals surface area (Å²) in [5.41, 5.74) is 1.34. The summed E-state index contributed by atoms with van der Waals surface area (Å²) < 4.78 is 0. The lowest BCUT2D eigenvalue weighted by Gasteiger charge is -2.11. The summed E-state index contributed by atoms with van der Waals surface area (Å²) in [5, 5.41) is 0.671. The van der Waals surface area contributed by atoms with Crippen LogP contribution in [0.1, 0.15) is 5.56 Å². The maximum absolute atomic E-state index is 12.0. The quantitative estimate of drug-likeness (QED) is 0.711. The van der Waals surface area contributed by atoms with Crippen LogP contribution in [-0.2, 0) is 4.79 Å². The number of benzene rings is 1. The maximum Gasteiger partial charge on any atom is 0.282 e. The molecule has 0 aliphatic carbocycles. The third kappa shape index (κ3) is 1.89. The Bertz CT molecular complexity index is 624. The Morgan fingerprint density at radius 3 is 2.67 bits per heavy atom. The van der Waals surface area contributed by atoms with E-state index in [1.165, 1.54) is 4.90 Å². The molecular weight excluding hydrogens is 248 g/mol. The van der Waals surface area contributed by atoms with Crippen molar-refractivity contribution in [3.8, 4) is 0 Å². The van der Waals surface area contributed by atoms with Gasteiger partial charge in [-0.3, -0.25) is 9.69 Å². The highest BCUT2D eigenvalue weighted by Gasteiger charge is 2.27. The lowest BCUT2D eigenvalue weighted by molar-refractivity contribution is -0.120. The molecule has 2 aliphatic rings. The van der Waals surface area contributed by atoms with Crippen molar-refractivity contribution < 1.29 is 4.79 Å². The molecule has 1 aromatic rings. The summed E-state index contributed by atoms with van der Waals surface area (Å²) >= 11 is 5.81. The molecule has 0 saturated carbocycles. The van der Waals surface area contributed by atoms with Gasteiger partial charge in [-0.15, -0.1) is 0 Å². The molecule has 2 aliphatic heterocycles. The SMILES string of the molecule is O=C1/C(=C/c2ccc(Cl)cc2)N=C2C=CC=CN12. The largest absolute Gasteiger partial charge is 0.282 e. The van der Waals surface area contributed by atoms with Gasteiger partial charge in [0, 0.05) is 11.2 Å². The summed E-state index contributed by atoms with van der Waals surface area (Å²) in [6.07, 6.45) is 8.94. The number of carbonyl (C=O) groups is 1. The van der Waals surface area contributed by atoms with Crippen LogP contribution in [0, 0.1) is 0 Å². The van der Waals surface area contributed by atoms with Gasteiger partial charge in [0.1, 0.15) is 11.5 Å². The van der Waals surface area contributed by atoms with Gasteiger partial charge in [-0.2, -0.15) is 0 Å². The van der Waals surface area contributed by atoms with E-state index in [1.54, 1.807) is 30.5 Å². The lowest BCUT2D eigenvalue weighted by Crippen LogP contribution is -2.26. The van der Waals surface area contributed by atoms with E-state index in [9.17, 15) is 4.79 Å². The minimum atomic E-state index is -0.111. The monoisotopic (exact) mass is 256 g/mol. The molecule has 3 rings (SSSR count). The second-order valence-corrected chi connectivity index (χ2v) is 4.36. The summed E-state index contributed by atoms with van der Waals surface area (Å²) in [6.45, 7) is 0. The van der Waals surface area contributed by atoms with E-state index in [0.29, 0.717) is 16.6 Å². The molecule has 0 fully saturated rings. The summed E-state index contributed by atoms with van der Waals surface area (Å²) in [5.74, 6) is 0.545. The summed E-state index contributed by atoms with van der Waals surface area (Å²) in [4.78, 5) is 17.9. The van der Waals surface area contributed by atoms with Gasteiger partial charge in [0.05, 0.1) is 0 Å². The molecule has 18 heavy (non-hydrogen) atoms. The molecule has 4 heteroatoms. The molecule has 0 bridgehead atoms. The summed E-state index contributed by atoms with van der Waals surface area (Å²) in [7, 11) is 0. The van der Waals surface area contributed by atoms with E-state index < -0.39 is 0 Å². The van der Waals surface area contributed by atoms with Crippen LogP contribution in [0.3, 0.4) is 0 Å². The Morgan fingerprint density at radius 1 is 1.17 bits per heavy atom. The first-order valence-electron chi connectivity index (χ1n) is 5.48. The van der Waals surface area contributed by atoms with Crippen LogP contribution >= 0.6 is 11.6 Å². The number of fused-ring (bicyclic) bond motifs is 1. The van der Waals surface area contributed by atoms with Crippen molar-refractivity contribution in [1.82, 2.24) is 4.90 Å². The second kappa shape index (κ2) is 4.27. The van der Waals surface area contributed by atoms with Crippen molar-refractivity contribution >= 4 is 29.4 Å². The topological polar surface area (TPSA) is 32.7 Å². The number of hydrogen-bond acceptors (Lipinski definition) is 2. The molecular formula is C14H9ClN2O. The van der Waals surface area contributed by atoms with Crippen LogP contribution in [0.25, 0.3) is 6.08 Å². The standard InChI is InChI=1S/C14H9ClN2O/c15-11-6-4-10(5-7-11)9-12-14(18)17-8-2-1-3-13(17)16-12/h1-9H/b12-9-. The fraction of sp³-hybridized carbons (Fsp3) is 0. The molecule has 2 heterocycles. The third-order valence-electron chi connectivity index (χ3n) is 2.68. The molecule has 0 spiro atoms. The number of hydrogen-bond donors (Lipinski definition) is 0. The third-order valence-corrected chi connectivity index (χ3v) is 2.94. The van der Waals surface area contributed by atoms with Crippen LogP contribution < -0.4 is 0 Å². The smallest absolute Gasteiger partial charge is 0.266 e. The van der Waals surface area contributed by atoms with Gasteiger partial charge in [-0.05, 0) is 35.9 Å². The number of amidine groups is 1. The Kier molecular flexibility index (Phi) is 2.61. The Morgan fingerprint density at radius 2 is 1.94 bits per heavy atom. The van der Waals surface area contributed by atoms with E-state index in [2.05, 4.69) is 4.99 Å². The Hall–Kier alpha value is -2.13. The molecule has 0 aromatic heterocycles. The zero-order valence-electron chi connectivity index (χ0n) is 9.38. The fourth-order valence-corrected chi connectivity index (χ4v) is 1.93. The predicted octanol–water partition coefficient (Wildman–Crippen LogP) is 3.01. The lowest BCUT2D eigenvalue weighted by atomic mass is 10.2. The molecule has 0 N–H and O–H groups in total. The Balaban J connectivity index is 1.96. The van der Waals surface area contributed by atoms with Gasteiger partial charge in [-0.1, -0.05) is 29.8 Å². The van der Waals surface area contributed by atoms with Gasteiger partial charge in [0.25, 0.3) is 5.91 Å². The van der Waals surface area contributed by atoms with Crippen LogP contribution in [-0.4, -0.2) is 16.6 Å². The van der Waals surface area contributed by atoms with Crippen molar-refractivity contribution in [1.29, 1.82) is 0 Å². The second-order valence-electron chi connectivity index (χ2n) is 3.93. The minimum absolute atomic E-state index is 0.111. The molecule has 88 valence electrons. The first-order valence-corrected chi connectivity index (χ1v) is 5.86. The highest BCUT2D eigenvalue weighted by atomic mass is 35.5. The van der Waals surface area contributed by atoms with Gasteiger partial charge in [0.15, 0.2) is 0 Å². The van der Waals surface area contributed by atoms with E-state index in [0.717, 1.165) is 5.56 Å². The predicted molar refractivity (Wildman–Crippen MR) is 72.0 cm³/mol. The average Bonchev–Trinajstić information content (AvgIpc) is 2.70. The van der Waals surface area contributed by atoms with E-state index in [4.69, 9.17) is 11.6 Å². The van der Waals surface area contributed by atoms with Crippen LogP contribution in [0.4, 0.5) is 0 Å². The van der Waals surface area contributed by atoms with E-state index in [1.807, 2.05) is 24.3 Å². The van der Waals surface area contributed by atoms with E-state index >= 15 is 0 Å². The molecule has 1 amide bonds. The van der Waals surface area contributed by atoms with Crippen molar-refractivity contribution in [2.75, 3.05) is 0 Å². The number of aliphatic imine (C=N–C) groups is 1. The van der Waals surface area contributed by atoms with Crippen LogP contribution in [0.5, 0.6) is 0 Å². The van der Waals surface area contributed by atoms with Gasteiger partial charge < -0.3 is 0 Å². The zero-order chi connectivity index (χ0) is 12.5. The van der Waals surface area contributed by atoms with Crippen LogP contribution in [0.2, 0.25) is 5.02 Å². The maximum atomic E-state index is 12.0. The molecule has 0 radical (unpaired) electrons. The number of carbonyl (C=O) groups excluding carboxylic acids is 1. The highest BCUT2D eigenvalue weighted by Crippen LogP contribution is 2.21. The Labute approximate surface area is 109 Å². The number of rotatable bonds is 1. The summed E-state index contributed by atoms with van der Waals surface area (Å²) in [6, 6.07) is 7.28. The molecule has 1 aromatic carbocycles. The van der Waals surface area contributed by atoms with Gasteiger partial charge >= 0.3 is 0 Å². The zero-order valence-corrected chi connectivity index (χ0v) is 10.1. The molecule has 3 nitrogen and oxygen atoms in total. The molecule has 0 saturated heterocycles. The van der Waals surface area contributed by atoms with Crippen LogP contribution in [0.15, 0.2) is 59.4 Å². The minimum Gasteiger partial charge on any atom is -0.266 e.